The van der Waals surface area contributed by atoms with E-state index >= 15 is 0 Å². The maximum atomic E-state index is 12.7. The number of ether oxygens (including phenoxy) is 1. The highest BCUT2D eigenvalue weighted by atomic mass is 16.5. The van der Waals surface area contributed by atoms with Gasteiger partial charge in [0.1, 0.15) is 0 Å². The summed E-state index contributed by atoms with van der Waals surface area (Å²) in [6.07, 6.45) is 5.53. The number of amides is 1. The molecule has 3 rings (SSSR count). The van der Waals surface area contributed by atoms with Gasteiger partial charge in [-0.25, -0.2) is 0 Å². The van der Waals surface area contributed by atoms with Crippen LogP contribution < -0.4 is 0 Å². The third kappa shape index (κ3) is 3.41. The van der Waals surface area contributed by atoms with E-state index in [2.05, 4.69) is 16.7 Å². The Kier molecular flexibility index (Phi) is 4.82. The Labute approximate surface area is 127 Å². The van der Waals surface area contributed by atoms with Crippen LogP contribution in [0.5, 0.6) is 0 Å². The van der Waals surface area contributed by atoms with Crippen LogP contribution in [0.4, 0.5) is 0 Å². The molecule has 3 aliphatic rings. The summed E-state index contributed by atoms with van der Waals surface area (Å²) in [6, 6.07) is 0.286. The zero-order valence-corrected chi connectivity index (χ0v) is 13.0. The van der Waals surface area contributed by atoms with Gasteiger partial charge in [-0.05, 0) is 31.7 Å². The topological polar surface area (TPSA) is 53.0 Å². The Hall–Kier alpha value is -0.650. The first-order valence-electron chi connectivity index (χ1n) is 8.46. The molecule has 0 aromatic heterocycles. The Morgan fingerprint density at radius 3 is 2.86 bits per heavy atom. The van der Waals surface area contributed by atoms with Crippen LogP contribution in [0.15, 0.2) is 0 Å². The van der Waals surface area contributed by atoms with Crippen molar-refractivity contribution in [3.8, 4) is 0 Å². The van der Waals surface area contributed by atoms with Crippen LogP contribution in [0.3, 0.4) is 0 Å². The zero-order chi connectivity index (χ0) is 14.8. The lowest BCUT2D eigenvalue weighted by Gasteiger charge is -2.44. The molecule has 2 heterocycles. The normalized spacial score (nSPS) is 38.1. The molecule has 4 atom stereocenters. The Bertz CT molecular complexity index is 375. The number of fused-ring (bicyclic) bond motifs is 1. The number of hydrogen-bond donors (Lipinski definition) is 1. The standard InChI is InChI=1S/C16H28N2O3/c1-12-6-7-17(10-14(12)19)11-16(20)18-8-9-21-15-5-3-2-4-13(15)18/h12-15,19H,2-11H2,1H3. The third-order valence-corrected chi connectivity index (χ3v) is 5.41. The number of β-amino-alcohol motifs (C(OH)–C–C–N with tert-alkyl or cyclic N) is 1. The molecule has 0 radical (unpaired) electrons. The average Bonchev–Trinajstić information content (AvgIpc) is 2.50. The van der Waals surface area contributed by atoms with E-state index in [1.807, 2.05) is 0 Å². The van der Waals surface area contributed by atoms with Crippen molar-refractivity contribution in [2.24, 2.45) is 5.92 Å². The minimum atomic E-state index is -0.293. The molecule has 3 fully saturated rings. The second-order valence-electron chi connectivity index (χ2n) is 6.92. The fourth-order valence-electron chi connectivity index (χ4n) is 3.95. The quantitative estimate of drug-likeness (QED) is 0.821. The van der Waals surface area contributed by atoms with Gasteiger partial charge >= 0.3 is 0 Å². The molecule has 5 nitrogen and oxygen atoms in total. The molecule has 0 spiro atoms. The molecule has 5 heteroatoms. The van der Waals surface area contributed by atoms with E-state index in [-0.39, 0.29) is 24.2 Å². The summed E-state index contributed by atoms with van der Waals surface area (Å²) in [5, 5.41) is 9.97. The molecule has 2 saturated heterocycles. The number of carbonyl (C=O) groups excluding carboxylic acids is 1. The van der Waals surface area contributed by atoms with Crippen molar-refractivity contribution in [3.63, 3.8) is 0 Å². The van der Waals surface area contributed by atoms with E-state index in [1.165, 1.54) is 12.8 Å². The molecular weight excluding hydrogens is 268 g/mol. The van der Waals surface area contributed by atoms with Crippen molar-refractivity contribution in [1.29, 1.82) is 0 Å². The molecule has 1 saturated carbocycles. The number of rotatable bonds is 2. The van der Waals surface area contributed by atoms with Crippen LogP contribution in [0.2, 0.25) is 0 Å². The molecule has 0 bridgehead atoms. The molecule has 1 aliphatic carbocycles. The van der Waals surface area contributed by atoms with E-state index in [4.69, 9.17) is 4.74 Å². The van der Waals surface area contributed by atoms with Crippen LogP contribution in [-0.4, -0.2) is 71.8 Å². The van der Waals surface area contributed by atoms with Gasteiger partial charge in [-0.2, -0.15) is 0 Å². The SMILES string of the molecule is CC1CCN(CC(=O)N2CCOC3CCCCC32)CC1O. The van der Waals surface area contributed by atoms with Gasteiger partial charge in [0.05, 0.1) is 31.4 Å². The first-order chi connectivity index (χ1) is 10.1. The van der Waals surface area contributed by atoms with Crippen molar-refractivity contribution in [2.45, 2.75) is 57.3 Å². The Morgan fingerprint density at radius 1 is 1.24 bits per heavy atom. The zero-order valence-electron chi connectivity index (χ0n) is 13.0. The molecule has 1 N–H and O–H groups in total. The summed E-state index contributed by atoms with van der Waals surface area (Å²) in [5.74, 6) is 0.569. The van der Waals surface area contributed by atoms with Gasteiger partial charge in [0.2, 0.25) is 5.91 Å². The monoisotopic (exact) mass is 296 g/mol. The molecule has 1 amide bonds. The number of morpholine rings is 1. The second kappa shape index (κ2) is 6.63. The van der Waals surface area contributed by atoms with Gasteiger partial charge in [-0.15, -0.1) is 0 Å². The maximum Gasteiger partial charge on any atom is 0.237 e. The second-order valence-corrected chi connectivity index (χ2v) is 6.92. The van der Waals surface area contributed by atoms with Crippen LogP contribution in [0.1, 0.15) is 39.0 Å². The van der Waals surface area contributed by atoms with Gasteiger partial charge in [0.15, 0.2) is 0 Å². The lowest BCUT2D eigenvalue weighted by atomic mass is 9.90. The molecule has 0 aromatic carbocycles. The van der Waals surface area contributed by atoms with Crippen molar-refractivity contribution >= 4 is 5.91 Å². The smallest absolute Gasteiger partial charge is 0.237 e. The lowest BCUT2D eigenvalue weighted by Crippen LogP contribution is -2.57. The van der Waals surface area contributed by atoms with Gasteiger partial charge in [-0.1, -0.05) is 19.8 Å². The highest BCUT2D eigenvalue weighted by Gasteiger charge is 2.37. The van der Waals surface area contributed by atoms with Gasteiger partial charge in [0, 0.05) is 13.1 Å². The molecule has 0 aromatic rings. The molecule has 120 valence electrons. The maximum absolute atomic E-state index is 12.7. The van der Waals surface area contributed by atoms with Crippen molar-refractivity contribution in [1.82, 2.24) is 9.80 Å². The van der Waals surface area contributed by atoms with Crippen molar-refractivity contribution in [2.75, 3.05) is 32.8 Å². The summed E-state index contributed by atoms with van der Waals surface area (Å²) < 4.78 is 5.84. The van der Waals surface area contributed by atoms with Crippen LogP contribution >= 0.6 is 0 Å². The van der Waals surface area contributed by atoms with Gasteiger partial charge in [0.25, 0.3) is 0 Å². The van der Waals surface area contributed by atoms with Crippen molar-refractivity contribution in [3.05, 3.63) is 0 Å². The molecule has 4 unspecified atom stereocenters. The number of hydrogen-bond acceptors (Lipinski definition) is 4. The number of carbonyl (C=O) groups is 1. The minimum absolute atomic E-state index is 0.219. The Balaban J connectivity index is 1.57. The van der Waals surface area contributed by atoms with Crippen LogP contribution in [0, 0.1) is 5.92 Å². The predicted octanol–water partition coefficient (Wildman–Crippen LogP) is 0.859. The molecule has 21 heavy (non-hydrogen) atoms. The lowest BCUT2D eigenvalue weighted by molar-refractivity contribution is -0.151. The number of likely N-dealkylation sites (tertiary alicyclic amines) is 1. The first kappa shape index (κ1) is 15.3. The summed E-state index contributed by atoms with van der Waals surface area (Å²) in [7, 11) is 0. The molecular formula is C16H28N2O3. The van der Waals surface area contributed by atoms with E-state index in [9.17, 15) is 9.90 Å². The van der Waals surface area contributed by atoms with Gasteiger partial charge in [-0.3, -0.25) is 9.69 Å². The third-order valence-electron chi connectivity index (χ3n) is 5.41. The summed E-state index contributed by atoms with van der Waals surface area (Å²) >= 11 is 0. The van der Waals surface area contributed by atoms with E-state index in [0.29, 0.717) is 25.6 Å². The fourth-order valence-corrected chi connectivity index (χ4v) is 3.95. The van der Waals surface area contributed by atoms with E-state index < -0.39 is 0 Å². The van der Waals surface area contributed by atoms with Crippen LogP contribution in [-0.2, 0) is 9.53 Å². The van der Waals surface area contributed by atoms with Crippen molar-refractivity contribution < 1.29 is 14.6 Å². The fraction of sp³-hybridized carbons (Fsp3) is 0.938. The predicted molar refractivity (Wildman–Crippen MR) is 79.9 cm³/mol. The summed E-state index contributed by atoms with van der Waals surface area (Å²) in [4.78, 5) is 16.8. The molecule has 2 aliphatic heterocycles. The number of aliphatic hydroxyl groups excluding tert-OH is 1. The summed E-state index contributed by atoms with van der Waals surface area (Å²) in [6.45, 7) is 5.48. The first-order valence-corrected chi connectivity index (χ1v) is 8.46. The average molecular weight is 296 g/mol. The largest absolute Gasteiger partial charge is 0.392 e. The van der Waals surface area contributed by atoms with E-state index in [0.717, 1.165) is 32.4 Å². The van der Waals surface area contributed by atoms with Crippen LogP contribution in [0.25, 0.3) is 0 Å². The highest BCUT2D eigenvalue weighted by Crippen LogP contribution is 2.28. The van der Waals surface area contributed by atoms with E-state index in [1.54, 1.807) is 0 Å². The summed E-state index contributed by atoms with van der Waals surface area (Å²) in [5.41, 5.74) is 0. The number of piperidine rings is 1. The number of aliphatic hydroxyl groups is 1. The number of nitrogens with zero attached hydrogens (tertiary/aromatic N) is 2. The van der Waals surface area contributed by atoms with Gasteiger partial charge < -0.3 is 14.7 Å². The minimum Gasteiger partial charge on any atom is -0.392 e. The highest BCUT2D eigenvalue weighted by molar-refractivity contribution is 5.78. The Morgan fingerprint density at radius 2 is 2.05 bits per heavy atom.